The second-order valence-corrected chi connectivity index (χ2v) is 7.76. The topological polar surface area (TPSA) is 51.0 Å². The predicted molar refractivity (Wildman–Crippen MR) is 118 cm³/mol. The fraction of sp³-hybridized carbons (Fsp3) is 0.522. The summed E-state index contributed by atoms with van der Waals surface area (Å²) in [6.07, 6.45) is 4.03. The first-order valence-corrected chi connectivity index (χ1v) is 10.4. The highest BCUT2D eigenvalue weighted by Gasteiger charge is 2.34. The standard InChI is InChI=1S/C23H34N4O2/c1-5-24-22(27(3)17-20-7-6-14-26(20)2)25-18-23(12-15-29-16-13-23)19-8-10-21(28-4)11-9-19/h6-11,14H,5,12-13,15-18H2,1-4H3,(H,24,25). The minimum absolute atomic E-state index is 0.00297. The lowest BCUT2D eigenvalue weighted by molar-refractivity contribution is 0.0530. The van der Waals surface area contributed by atoms with E-state index in [0.717, 1.165) is 57.4 Å². The molecule has 2 aromatic rings. The summed E-state index contributed by atoms with van der Waals surface area (Å²) in [5.41, 5.74) is 2.57. The van der Waals surface area contributed by atoms with E-state index in [0.29, 0.717) is 0 Å². The van der Waals surface area contributed by atoms with Crippen LogP contribution in [-0.2, 0) is 23.7 Å². The highest BCUT2D eigenvalue weighted by Crippen LogP contribution is 2.36. The number of nitrogens with one attached hydrogen (secondary N) is 1. The molecule has 0 saturated carbocycles. The molecule has 1 saturated heterocycles. The van der Waals surface area contributed by atoms with Crippen molar-refractivity contribution in [1.82, 2.24) is 14.8 Å². The van der Waals surface area contributed by atoms with E-state index in [-0.39, 0.29) is 5.41 Å². The second-order valence-electron chi connectivity index (χ2n) is 7.76. The Labute approximate surface area is 174 Å². The molecule has 0 unspecified atom stereocenters. The van der Waals surface area contributed by atoms with Gasteiger partial charge in [-0.15, -0.1) is 0 Å². The number of hydrogen-bond donors (Lipinski definition) is 1. The van der Waals surface area contributed by atoms with Gasteiger partial charge in [0.2, 0.25) is 0 Å². The molecule has 1 aromatic heterocycles. The van der Waals surface area contributed by atoms with Gasteiger partial charge in [0, 0.05) is 51.2 Å². The number of aryl methyl sites for hydroxylation is 1. The fourth-order valence-corrected chi connectivity index (χ4v) is 3.92. The van der Waals surface area contributed by atoms with Gasteiger partial charge in [0.15, 0.2) is 5.96 Å². The first-order chi connectivity index (χ1) is 14.1. The Kier molecular flexibility index (Phi) is 7.20. The van der Waals surface area contributed by atoms with E-state index in [1.165, 1.54) is 11.3 Å². The van der Waals surface area contributed by atoms with Crippen molar-refractivity contribution in [3.8, 4) is 5.75 Å². The van der Waals surface area contributed by atoms with Crippen molar-refractivity contribution in [3.05, 3.63) is 53.9 Å². The van der Waals surface area contributed by atoms with Crippen LogP contribution in [0.1, 0.15) is 31.0 Å². The number of rotatable bonds is 7. The van der Waals surface area contributed by atoms with Crippen LogP contribution in [0.3, 0.4) is 0 Å². The predicted octanol–water partition coefficient (Wildman–Crippen LogP) is 3.18. The molecular weight excluding hydrogens is 364 g/mol. The summed E-state index contributed by atoms with van der Waals surface area (Å²) in [6, 6.07) is 12.7. The average molecular weight is 399 g/mol. The van der Waals surface area contributed by atoms with Crippen LogP contribution in [0, 0.1) is 0 Å². The number of hydrogen-bond acceptors (Lipinski definition) is 3. The van der Waals surface area contributed by atoms with Gasteiger partial charge in [-0.3, -0.25) is 4.99 Å². The van der Waals surface area contributed by atoms with Crippen molar-refractivity contribution in [2.75, 3.05) is 40.5 Å². The molecular formula is C23H34N4O2. The molecule has 1 aliphatic heterocycles. The van der Waals surface area contributed by atoms with E-state index in [1.807, 2.05) is 12.1 Å². The van der Waals surface area contributed by atoms with Gasteiger partial charge < -0.3 is 24.3 Å². The quantitative estimate of drug-likeness (QED) is 0.575. The van der Waals surface area contributed by atoms with E-state index < -0.39 is 0 Å². The molecule has 6 nitrogen and oxygen atoms in total. The van der Waals surface area contributed by atoms with Crippen LogP contribution in [0.25, 0.3) is 0 Å². The largest absolute Gasteiger partial charge is 0.497 e. The monoisotopic (exact) mass is 398 g/mol. The molecule has 158 valence electrons. The first kappa shape index (κ1) is 21.2. The molecule has 0 atom stereocenters. The molecule has 0 spiro atoms. The Morgan fingerprint density at radius 3 is 2.55 bits per heavy atom. The Hall–Kier alpha value is -2.47. The van der Waals surface area contributed by atoms with E-state index in [1.54, 1.807) is 7.11 Å². The van der Waals surface area contributed by atoms with Crippen LogP contribution in [-0.4, -0.2) is 55.9 Å². The molecule has 2 heterocycles. The number of guanidine groups is 1. The summed E-state index contributed by atoms with van der Waals surface area (Å²) in [5.74, 6) is 1.82. The molecule has 6 heteroatoms. The third-order valence-electron chi connectivity index (χ3n) is 5.83. The Bertz CT molecular complexity index is 791. The molecule has 0 aliphatic carbocycles. The van der Waals surface area contributed by atoms with Crippen LogP contribution in [0.5, 0.6) is 5.75 Å². The van der Waals surface area contributed by atoms with Crippen molar-refractivity contribution in [2.24, 2.45) is 12.0 Å². The lowest BCUT2D eigenvalue weighted by Crippen LogP contribution is -2.42. The lowest BCUT2D eigenvalue weighted by Gasteiger charge is -2.37. The third kappa shape index (κ3) is 5.12. The molecule has 3 rings (SSSR count). The fourth-order valence-electron chi connectivity index (χ4n) is 3.92. The summed E-state index contributed by atoms with van der Waals surface area (Å²) in [4.78, 5) is 7.27. The first-order valence-electron chi connectivity index (χ1n) is 10.4. The molecule has 0 amide bonds. The summed E-state index contributed by atoms with van der Waals surface area (Å²) in [5, 5.41) is 3.46. The van der Waals surface area contributed by atoms with Gasteiger partial charge in [0.25, 0.3) is 0 Å². The normalized spacial score (nSPS) is 16.5. The number of nitrogens with zero attached hydrogens (tertiary/aromatic N) is 3. The number of benzene rings is 1. The second kappa shape index (κ2) is 9.83. The van der Waals surface area contributed by atoms with Crippen LogP contribution < -0.4 is 10.1 Å². The van der Waals surface area contributed by atoms with Crippen molar-refractivity contribution >= 4 is 5.96 Å². The Morgan fingerprint density at radius 2 is 1.97 bits per heavy atom. The van der Waals surface area contributed by atoms with Crippen LogP contribution in [0.15, 0.2) is 47.6 Å². The summed E-state index contributed by atoms with van der Waals surface area (Å²) in [7, 11) is 5.88. The highest BCUT2D eigenvalue weighted by atomic mass is 16.5. The average Bonchev–Trinajstić information content (AvgIpc) is 3.16. The van der Waals surface area contributed by atoms with Crippen molar-refractivity contribution in [1.29, 1.82) is 0 Å². The van der Waals surface area contributed by atoms with Gasteiger partial charge in [-0.25, -0.2) is 0 Å². The molecule has 1 aliphatic rings. The molecule has 1 aromatic carbocycles. The zero-order chi connectivity index (χ0) is 20.7. The van der Waals surface area contributed by atoms with E-state index >= 15 is 0 Å². The zero-order valence-corrected chi connectivity index (χ0v) is 18.1. The van der Waals surface area contributed by atoms with Gasteiger partial charge in [-0.1, -0.05) is 12.1 Å². The van der Waals surface area contributed by atoms with E-state index in [9.17, 15) is 0 Å². The summed E-state index contributed by atoms with van der Waals surface area (Å²) in [6.45, 7) is 6.06. The van der Waals surface area contributed by atoms with Gasteiger partial charge in [-0.05, 0) is 49.6 Å². The molecule has 29 heavy (non-hydrogen) atoms. The number of aliphatic imine (C=N–C) groups is 1. The maximum atomic E-state index is 5.67. The van der Waals surface area contributed by atoms with Crippen molar-refractivity contribution in [3.63, 3.8) is 0 Å². The SMILES string of the molecule is CCNC(=NCC1(c2ccc(OC)cc2)CCOCC1)N(C)Cc1cccn1C. The lowest BCUT2D eigenvalue weighted by atomic mass is 9.74. The number of ether oxygens (including phenoxy) is 2. The van der Waals surface area contributed by atoms with Gasteiger partial charge >= 0.3 is 0 Å². The van der Waals surface area contributed by atoms with Gasteiger partial charge in [-0.2, -0.15) is 0 Å². The Morgan fingerprint density at radius 1 is 1.24 bits per heavy atom. The molecule has 1 N–H and O–H groups in total. The maximum Gasteiger partial charge on any atom is 0.194 e. The molecule has 1 fully saturated rings. The maximum absolute atomic E-state index is 5.67. The van der Waals surface area contributed by atoms with Crippen molar-refractivity contribution < 1.29 is 9.47 Å². The van der Waals surface area contributed by atoms with E-state index in [2.05, 4.69) is 66.3 Å². The van der Waals surface area contributed by atoms with Crippen LogP contribution in [0.2, 0.25) is 0 Å². The van der Waals surface area contributed by atoms with Gasteiger partial charge in [0.1, 0.15) is 5.75 Å². The number of methoxy groups -OCH3 is 1. The van der Waals surface area contributed by atoms with Gasteiger partial charge in [0.05, 0.1) is 20.2 Å². The minimum Gasteiger partial charge on any atom is -0.497 e. The molecule has 0 radical (unpaired) electrons. The smallest absolute Gasteiger partial charge is 0.194 e. The van der Waals surface area contributed by atoms with E-state index in [4.69, 9.17) is 14.5 Å². The van der Waals surface area contributed by atoms with Crippen LogP contribution in [0.4, 0.5) is 0 Å². The summed E-state index contributed by atoms with van der Waals surface area (Å²) >= 11 is 0. The minimum atomic E-state index is -0.00297. The highest BCUT2D eigenvalue weighted by molar-refractivity contribution is 5.79. The Balaban J connectivity index is 1.81. The number of aromatic nitrogens is 1. The van der Waals surface area contributed by atoms with Crippen molar-refractivity contribution in [2.45, 2.75) is 31.7 Å². The summed E-state index contributed by atoms with van der Waals surface area (Å²) < 4.78 is 13.2. The molecule has 0 bridgehead atoms. The van der Waals surface area contributed by atoms with Crippen LogP contribution >= 0.6 is 0 Å². The zero-order valence-electron chi connectivity index (χ0n) is 18.1. The third-order valence-corrected chi connectivity index (χ3v) is 5.83.